The molecule has 43 heavy (non-hydrogen) atoms. The van der Waals surface area contributed by atoms with Crippen molar-refractivity contribution < 1.29 is 28.2 Å². The molecule has 0 saturated carbocycles. The first-order chi connectivity index (χ1) is 20.6. The second-order valence-corrected chi connectivity index (χ2v) is 11.9. The molecule has 0 aliphatic carbocycles. The van der Waals surface area contributed by atoms with Crippen molar-refractivity contribution in [2.24, 2.45) is 0 Å². The quantitative estimate of drug-likeness (QED) is 0.273. The van der Waals surface area contributed by atoms with Gasteiger partial charge in [-0.25, -0.2) is 9.18 Å². The zero-order chi connectivity index (χ0) is 30.3. The number of carbonyl (C=O) groups is 2. The van der Waals surface area contributed by atoms with E-state index in [-0.39, 0.29) is 30.0 Å². The molecule has 0 atom stereocenters. The summed E-state index contributed by atoms with van der Waals surface area (Å²) in [5.41, 5.74) is 1.84. The summed E-state index contributed by atoms with van der Waals surface area (Å²) in [5, 5.41) is 10.8. The molecular formula is C32H34FN5O5. The summed E-state index contributed by atoms with van der Waals surface area (Å²) in [7, 11) is 2.13. The highest BCUT2D eigenvalue weighted by atomic mass is 19.1. The number of nitrogens with zero attached hydrogens (tertiary/aromatic N) is 3. The van der Waals surface area contributed by atoms with Crippen molar-refractivity contribution in [1.82, 2.24) is 14.7 Å². The van der Waals surface area contributed by atoms with Crippen LogP contribution in [0, 0.1) is 5.82 Å². The molecule has 6 rings (SSSR count). The lowest BCUT2D eigenvalue weighted by Gasteiger charge is -2.29. The largest absolute Gasteiger partial charge is 0.454 e. The van der Waals surface area contributed by atoms with E-state index in [0.717, 1.165) is 30.6 Å². The van der Waals surface area contributed by atoms with Crippen LogP contribution in [0.2, 0.25) is 0 Å². The van der Waals surface area contributed by atoms with E-state index in [1.165, 1.54) is 17.7 Å². The van der Waals surface area contributed by atoms with Gasteiger partial charge in [0.25, 0.3) is 5.91 Å². The molecule has 0 bridgehead atoms. The van der Waals surface area contributed by atoms with Crippen LogP contribution in [0.1, 0.15) is 55.5 Å². The minimum atomic E-state index is -0.783. The number of rotatable bonds is 5. The second-order valence-electron chi connectivity index (χ2n) is 11.9. The van der Waals surface area contributed by atoms with Crippen LogP contribution in [0.15, 0.2) is 54.6 Å². The smallest absolute Gasteiger partial charge is 0.435 e. The Morgan fingerprint density at radius 2 is 1.77 bits per heavy atom. The number of hydrogen-bond acceptors (Lipinski definition) is 8. The molecule has 1 saturated heterocycles. The number of aromatic nitrogens is 2. The molecule has 224 valence electrons. The monoisotopic (exact) mass is 587 g/mol. The summed E-state index contributed by atoms with van der Waals surface area (Å²) < 4.78 is 32.3. The van der Waals surface area contributed by atoms with Gasteiger partial charge in [0.05, 0.1) is 5.52 Å². The molecular weight excluding hydrogens is 553 g/mol. The van der Waals surface area contributed by atoms with E-state index < -0.39 is 17.5 Å². The first-order valence-corrected chi connectivity index (χ1v) is 14.3. The van der Waals surface area contributed by atoms with E-state index in [9.17, 15) is 14.0 Å². The molecule has 11 heteroatoms. The average Bonchev–Trinajstić information content (AvgIpc) is 3.59. The summed E-state index contributed by atoms with van der Waals surface area (Å²) in [4.78, 5) is 28.8. The fourth-order valence-electron chi connectivity index (χ4n) is 5.37. The third kappa shape index (κ3) is 5.98. The van der Waals surface area contributed by atoms with Crippen LogP contribution < -0.4 is 20.1 Å². The number of amides is 1. The van der Waals surface area contributed by atoms with E-state index in [1.807, 2.05) is 24.3 Å². The van der Waals surface area contributed by atoms with E-state index in [4.69, 9.17) is 14.2 Å². The van der Waals surface area contributed by atoms with Gasteiger partial charge in [-0.2, -0.15) is 4.68 Å². The van der Waals surface area contributed by atoms with Crippen molar-refractivity contribution >= 4 is 40.1 Å². The first-order valence-electron chi connectivity index (χ1n) is 14.3. The van der Waals surface area contributed by atoms with Crippen molar-refractivity contribution in [2.75, 3.05) is 37.6 Å². The number of ether oxygens (including phenoxy) is 3. The van der Waals surface area contributed by atoms with Crippen molar-refractivity contribution in [3.05, 3.63) is 71.5 Å². The highest BCUT2D eigenvalue weighted by Crippen LogP contribution is 2.42. The molecule has 4 aromatic rings. The van der Waals surface area contributed by atoms with Crippen molar-refractivity contribution in [2.45, 2.75) is 45.1 Å². The van der Waals surface area contributed by atoms with Gasteiger partial charge in [0.2, 0.25) is 6.79 Å². The highest BCUT2D eigenvalue weighted by molar-refractivity contribution is 6.09. The van der Waals surface area contributed by atoms with E-state index >= 15 is 0 Å². The summed E-state index contributed by atoms with van der Waals surface area (Å²) in [5.74, 6) is 0.477. The average molecular weight is 588 g/mol. The third-order valence-corrected chi connectivity index (χ3v) is 7.60. The maximum Gasteiger partial charge on any atom is 0.435 e. The molecule has 0 radical (unpaired) electrons. The number of hydrogen-bond donors (Lipinski definition) is 2. The summed E-state index contributed by atoms with van der Waals surface area (Å²) in [6.45, 7) is 7.36. The Morgan fingerprint density at radius 1 is 1.02 bits per heavy atom. The SMILES string of the molecule is CN1CCC(c2ccc(C(=O)Nc3nn(C(=O)OC(C)(C)C)c4cc(Nc5c(F)ccc6c5OCO6)ccc34)cc2)CC1. The molecule has 10 nitrogen and oxygen atoms in total. The Labute approximate surface area is 248 Å². The summed E-state index contributed by atoms with van der Waals surface area (Å²) in [6.07, 6.45) is 1.46. The van der Waals surface area contributed by atoms with Gasteiger partial charge in [0.1, 0.15) is 11.3 Å². The van der Waals surface area contributed by atoms with E-state index in [2.05, 4.69) is 27.7 Å². The first kappa shape index (κ1) is 28.5. The maximum atomic E-state index is 14.8. The number of piperidine rings is 1. The van der Waals surface area contributed by atoms with Gasteiger partial charge in [0.15, 0.2) is 23.1 Å². The summed E-state index contributed by atoms with van der Waals surface area (Å²) in [6, 6.07) is 15.5. The maximum absolute atomic E-state index is 14.8. The fraction of sp³-hybridized carbons (Fsp3) is 0.344. The predicted molar refractivity (Wildman–Crippen MR) is 161 cm³/mol. The van der Waals surface area contributed by atoms with Gasteiger partial charge in [-0.3, -0.25) is 4.79 Å². The second kappa shape index (κ2) is 11.2. The Morgan fingerprint density at radius 3 is 2.49 bits per heavy atom. The van der Waals surface area contributed by atoms with Gasteiger partial charge >= 0.3 is 6.09 Å². The van der Waals surface area contributed by atoms with E-state index in [0.29, 0.717) is 33.8 Å². The molecule has 0 spiro atoms. The molecule has 2 aliphatic rings. The summed E-state index contributed by atoms with van der Waals surface area (Å²) >= 11 is 0. The van der Waals surface area contributed by atoms with Crippen LogP contribution in [0.4, 0.5) is 26.4 Å². The van der Waals surface area contributed by atoms with Crippen LogP contribution >= 0.6 is 0 Å². The molecule has 3 heterocycles. The van der Waals surface area contributed by atoms with Gasteiger partial charge in [-0.15, -0.1) is 5.10 Å². The van der Waals surface area contributed by atoms with Gasteiger partial charge in [0, 0.05) is 16.6 Å². The van der Waals surface area contributed by atoms with Crippen LogP contribution in [0.25, 0.3) is 10.9 Å². The molecule has 1 aromatic heterocycles. The van der Waals surface area contributed by atoms with Crippen molar-refractivity contribution in [1.29, 1.82) is 0 Å². The zero-order valence-electron chi connectivity index (χ0n) is 24.6. The normalized spacial score (nSPS) is 15.5. The Hall–Kier alpha value is -4.64. The number of nitrogens with one attached hydrogen (secondary N) is 2. The molecule has 0 unspecified atom stereocenters. The Bertz CT molecular complexity index is 1690. The topological polar surface area (TPSA) is 107 Å². The number of halogens is 1. The molecule has 1 fully saturated rings. The van der Waals surface area contributed by atoms with Gasteiger partial charge in [-0.1, -0.05) is 12.1 Å². The predicted octanol–water partition coefficient (Wildman–Crippen LogP) is 6.49. The molecule has 1 amide bonds. The van der Waals surface area contributed by atoms with Gasteiger partial charge in [-0.05, 0) is 108 Å². The van der Waals surface area contributed by atoms with E-state index in [1.54, 1.807) is 39.0 Å². The minimum absolute atomic E-state index is 0.0120. The number of anilines is 3. The minimum Gasteiger partial charge on any atom is -0.454 e. The fourth-order valence-corrected chi connectivity index (χ4v) is 5.37. The lowest BCUT2D eigenvalue weighted by Crippen LogP contribution is -2.29. The highest BCUT2D eigenvalue weighted by Gasteiger charge is 2.25. The van der Waals surface area contributed by atoms with Crippen LogP contribution in [-0.2, 0) is 4.74 Å². The number of likely N-dealkylation sites (tertiary alicyclic amines) is 1. The molecule has 2 N–H and O–H groups in total. The molecule has 3 aromatic carbocycles. The molecule has 2 aliphatic heterocycles. The van der Waals surface area contributed by atoms with Crippen LogP contribution in [0.3, 0.4) is 0 Å². The van der Waals surface area contributed by atoms with Crippen LogP contribution in [0.5, 0.6) is 11.5 Å². The Balaban J connectivity index is 1.29. The third-order valence-electron chi connectivity index (χ3n) is 7.60. The number of benzene rings is 3. The lowest BCUT2D eigenvalue weighted by molar-refractivity contribution is 0.0522. The van der Waals surface area contributed by atoms with Crippen molar-refractivity contribution in [3.8, 4) is 11.5 Å². The number of fused-ring (bicyclic) bond motifs is 2. The lowest BCUT2D eigenvalue weighted by atomic mass is 9.89. The number of carbonyl (C=O) groups excluding carboxylic acids is 2. The zero-order valence-corrected chi connectivity index (χ0v) is 24.6. The van der Waals surface area contributed by atoms with Crippen molar-refractivity contribution in [3.63, 3.8) is 0 Å². The standard InChI is InChI=1S/C32H34FN5O5/c1-32(2,3)43-31(40)38-25-17-22(34-27-24(33)11-12-26-28(27)42-18-41-26)9-10-23(25)29(36-38)35-30(39)21-7-5-19(6-8-21)20-13-15-37(4)16-14-20/h5-12,17,20,34H,13-16,18H2,1-4H3,(H,35,36,39). The van der Waals surface area contributed by atoms with Gasteiger partial charge < -0.3 is 29.7 Å². The van der Waals surface area contributed by atoms with Crippen LogP contribution in [-0.4, -0.2) is 59.2 Å². The Kier molecular flexibility index (Phi) is 7.43.